The van der Waals surface area contributed by atoms with Crippen LogP contribution < -0.4 is 5.73 Å². The smallest absolute Gasteiger partial charge is 0.141 e. The predicted molar refractivity (Wildman–Crippen MR) is 62.4 cm³/mol. The van der Waals surface area contributed by atoms with Crippen molar-refractivity contribution < 1.29 is 4.52 Å². The molecular formula is C12H13N3O. The van der Waals surface area contributed by atoms with Crippen LogP contribution in [-0.4, -0.2) is 11.0 Å². The molecule has 0 bridgehead atoms. The average molecular weight is 215 g/mol. The zero-order valence-electron chi connectivity index (χ0n) is 9.24. The lowest BCUT2D eigenvalue weighted by Gasteiger charge is -2.02. The minimum absolute atomic E-state index is 0.0744. The molecule has 0 atom stereocenters. The number of nitrogens with one attached hydrogen (secondary N) is 1. The van der Waals surface area contributed by atoms with Crippen molar-refractivity contribution in [1.82, 2.24) is 5.16 Å². The number of aromatic nitrogens is 1. The van der Waals surface area contributed by atoms with Crippen molar-refractivity contribution in [3.8, 4) is 11.1 Å². The molecular weight excluding hydrogens is 202 g/mol. The minimum Gasteiger partial charge on any atom is -0.384 e. The Balaban J connectivity index is 2.46. The van der Waals surface area contributed by atoms with Gasteiger partial charge in [0, 0.05) is 11.1 Å². The van der Waals surface area contributed by atoms with Crippen molar-refractivity contribution in [2.45, 2.75) is 13.8 Å². The normalized spacial score (nSPS) is 10.4. The van der Waals surface area contributed by atoms with Gasteiger partial charge < -0.3 is 10.3 Å². The van der Waals surface area contributed by atoms with E-state index in [1.165, 1.54) is 0 Å². The van der Waals surface area contributed by atoms with Crippen molar-refractivity contribution in [3.63, 3.8) is 0 Å². The third-order valence-electron chi connectivity index (χ3n) is 2.52. The van der Waals surface area contributed by atoms with E-state index < -0.39 is 0 Å². The molecule has 1 aromatic heterocycles. The standard InChI is InChI=1S/C12H13N3O/c1-7-11(8(2)16-15-7)9-3-5-10(6-4-9)12(13)14/h3-6H,1-2H3,(H3,13,14). The first kappa shape index (κ1) is 10.4. The highest BCUT2D eigenvalue weighted by Gasteiger charge is 2.11. The fourth-order valence-corrected chi connectivity index (χ4v) is 1.71. The summed E-state index contributed by atoms with van der Waals surface area (Å²) >= 11 is 0. The Kier molecular flexibility index (Phi) is 2.48. The summed E-state index contributed by atoms with van der Waals surface area (Å²) in [6.07, 6.45) is 0. The Bertz CT molecular complexity index is 506. The van der Waals surface area contributed by atoms with Crippen molar-refractivity contribution in [2.24, 2.45) is 5.73 Å². The number of aryl methyl sites for hydroxylation is 2. The summed E-state index contributed by atoms with van der Waals surface area (Å²) < 4.78 is 5.11. The van der Waals surface area contributed by atoms with Crippen LogP contribution >= 0.6 is 0 Å². The maximum absolute atomic E-state index is 7.31. The van der Waals surface area contributed by atoms with Crippen LogP contribution in [0.5, 0.6) is 0 Å². The van der Waals surface area contributed by atoms with Crippen LogP contribution in [0.15, 0.2) is 28.8 Å². The summed E-state index contributed by atoms with van der Waals surface area (Å²) in [5.74, 6) is 0.874. The Morgan fingerprint density at radius 3 is 2.31 bits per heavy atom. The molecule has 3 N–H and O–H groups in total. The Morgan fingerprint density at radius 1 is 1.25 bits per heavy atom. The molecule has 0 amide bonds. The van der Waals surface area contributed by atoms with Crippen molar-refractivity contribution in [2.75, 3.05) is 0 Å². The number of nitrogens with two attached hydrogens (primary N) is 1. The topological polar surface area (TPSA) is 75.9 Å². The summed E-state index contributed by atoms with van der Waals surface area (Å²) in [5, 5.41) is 11.2. The van der Waals surface area contributed by atoms with E-state index in [-0.39, 0.29) is 5.84 Å². The predicted octanol–water partition coefficient (Wildman–Crippen LogP) is 2.24. The molecule has 4 heteroatoms. The molecule has 0 saturated heterocycles. The third kappa shape index (κ3) is 1.69. The maximum Gasteiger partial charge on any atom is 0.141 e. The Labute approximate surface area is 93.6 Å². The maximum atomic E-state index is 7.31. The summed E-state index contributed by atoms with van der Waals surface area (Å²) in [5.41, 5.74) is 9.02. The molecule has 2 rings (SSSR count). The lowest BCUT2D eigenvalue weighted by molar-refractivity contribution is 0.393. The van der Waals surface area contributed by atoms with E-state index in [2.05, 4.69) is 5.16 Å². The summed E-state index contributed by atoms with van der Waals surface area (Å²) in [4.78, 5) is 0. The molecule has 0 saturated carbocycles. The number of nitrogens with zero attached hydrogens (tertiary/aromatic N) is 1. The highest BCUT2D eigenvalue weighted by Crippen LogP contribution is 2.26. The number of amidine groups is 1. The highest BCUT2D eigenvalue weighted by molar-refractivity contribution is 5.95. The molecule has 0 fully saturated rings. The largest absolute Gasteiger partial charge is 0.384 e. The summed E-state index contributed by atoms with van der Waals surface area (Å²) in [7, 11) is 0. The van der Waals surface area contributed by atoms with E-state index in [0.717, 1.165) is 28.1 Å². The first-order valence-corrected chi connectivity index (χ1v) is 4.97. The van der Waals surface area contributed by atoms with Crippen molar-refractivity contribution in [1.29, 1.82) is 5.41 Å². The summed E-state index contributed by atoms with van der Waals surface area (Å²) in [6.45, 7) is 3.79. The molecule has 0 aliphatic heterocycles. The molecule has 0 spiro atoms. The van der Waals surface area contributed by atoms with Gasteiger partial charge in [-0.3, -0.25) is 5.41 Å². The quantitative estimate of drug-likeness (QED) is 0.595. The number of nitrogen functional groups attached to an aromatic ring is 1. The minimum atomic E-state index is 0.0744. The highest BCUT2D eigenvalue weighted by atomic mass is 16.5. The molecule has 82 valence electrons. The van der Waals surface area contributed by atoms with Gasteiger partial charge in [0.15, 0.2) is 0 Å². The van der Waals surface area contributed by atoms with Gasteiger partial charge >= 0.3 is 0 Å². The second kappa shape index (κ2) is 3.81. The zero-order chi connectivity index (χ0) is 11.7. The van der Waals surface area contributed by atoms with Crippen molar-refractivity contribution in [3.05, 3.63) is 41.3 Å². The van der Waals surface area contributed by atoms with Gasteiger partial charge in [-0.15, -0.1) is 0 Å². The van der Waals surface area contributed by atoms with Gasteiger partial charge in [-0.05, 0) is 19.4 Å². The van der Waals surface area contributed by atoms with Gasteiger partial charge in [0.2, 0.25) is 0 Å². The van der Waals surface area contributed by atoms with Gasteiger partial charge in [0.25, 0.3) is 0 Å². The first-order chi connectivity index (χ1) is 7.59. The van der Waals surface area contributed by atoms with E-state index >= 15 is 0 Å². The number of benzene rings is 1. The van der Waals surface area contributed by atoms with E-state index in [1.807, 2.05) is 38.1 Å². The second-order valence-electron chi connectivity index (χ2n) is 3.69. The van der Waals surface area contributed by atoms with E-state index in [4.69, 9.17) is 15.7 Å². The van der Waals surface area contributed by atoms with Crippen LogP contribution in [-0.2, 0) is 0 Å². The van der Waals surface area contributed by atoms with Crippen LogP contribution in [0.4, 0.5) is 0 Å². The fourth-order valence-electron chi connectivity index (χ4n) is 1.71. The molecule has 1 heterocycles. The van der Waals surface area contributed by atoms with Crippen LogP contribution in [0, 0.1) is 19.3 Å². The van der Waals surface area contributed by atoms with E-state index in [1.54, 1.807) is 0 Å². The number of hydrogen-bond donors (Lipinski definition) is 2. The molecule has 4 nitrogen and oxygen atoms in total. The summed E-state index contributed by atoms with van der Waals surface area (Å²) in [6, 6.07) is 7.49. The van der Waals surface area contributed by atoms with E-state index in [0.29, 0.717) is 0 Å². The fraction of sp³-hybridized carbons (Fsp3) is 0.167. The Morgan fingerprint density at radius 2 is 1.88 bits per heavy atom. The number of rotatable bonds is 2. The molecule has 0 unspecified atom stereocenters. The van der Waals surface area contributed by atoms with Crippen molar-refractivity contribution >= 4 is 5.84 Å². The van der Waals surface area contributed by atoms with Gasteiger partial charge in [-0.1, -0.05) is 29.4 Å². The van der Waals surface area contributed by atoms with Crippen LogP contribution in [0.25, 0.3) is 11.1 Å². The van der Waals surface area contributed by atoms with Gasteiger partial charge in [0.1, 0.15) is 11.6 Å². The molecule has 2 aromatic rings. The van der Waals surface area contributed by atoms with Gasteiger partial charge in [0.05, 0.1) is 5.69 Å². The molecule has 0 aliphatic rings. The molecule has 0 aliphatic carbocycles. The second-order valence-corrected chi connectivity index (χ2v) is 3.69. The lowest BCUT2D eigenvalue weighted by atomic mass is 10.0. The lowest BCUT2D eigenvalue weighted by Crippen LogP contribution is -2.10. The Hall–Kier alpha value is -2.10. The van der Waals surface area contributed by atoms with Gasteiger partial charge in [-0.2, -0.15) is 0 Å². The average Bonchev–Trinajstić information content (AvgIpc) is 2.59. The third-order valence-corrected chi connectivity index (χ3v) is 2.52. The molecule has 16 heavy (non-hydrogen) atoms. The molecule has 0 radical (unpaired) electrons. The van der Waals surface area contributed by atoms with Gasteiger partial charge in [-0.25, -0.2) is 0 Å². The SMILES string of the molecule is Cc1noc(C)c1-c1ccc(C(=N)N)cc1. The monoisotopic (exact) mass is 215 g/mol. The number of hydrogen-bond acceptors (Lipinski definition) is 3. The first-order valence-electron chi connectivity index (χ1n) is 4.97. The van der Waals surface area contributed by atoms with Crippen LogP contribution in [0.2, 0.25) is 0 Å². The molecule has 1 aromatic carbocycles. The zero-order valence-corrected chi connectivity index (χ0v) is 9.24. The van der Waals surface area contributed by atoms with E-state index in [9.17, 15) is 0 Å². The van der Waals surface area contributed by atoms with Crippen LogP contribution in [0.1, 0.15) is 17.0 Å². The van der Waals surface area contributed by atoms with Crippen LogP contribution in [0.3, 0.4) is 0 Å².